The molecule has 0 saturated carbocycles. The largest absolute Gasteiger partial charge is 0.338 e. The molecule has 1 saturated heterocycles. The third-order valence-corrected chi connectivity index (χ3v) is 5.39. The van der Waals surface area contributed by atoms with Crippen LogP contribution in [0.25, 0.3) is 11.3 Å². The van der Waals surface area contributed by atoms with E-state index in [0.717, 1.165) is 47.3 Å². The number of hydrogen-bond donors (Lipinski definition) is 1. The lowest BCUT2D eigenvalue weighted by Gasteiger charge is -2.26. The van der Waals surface area contributed by atoms with Gasteiger partial charge in [0.05, 0.1) is 10.7 Å². The van der Waals surface area contributed by atoms with Crippen molar-refractivity contribution >= 4 is 29.1 Å². The molecule has 0 unspecified atom stereocenters. The van der Waals surface area contributed by atoms with E-state index in [1.807, 2.05) is 34.9 Å². The Balaban J connectivity index is 1.48. The summed E-state index contributed by atoms with van der Waals surface area (Å²) in [5.74, 6) is 2.08. The highest BCUT2D eigenvalue weighted by atomic mass is 32.2. The van der Waals surface area contributed by atoms with Gasteiger partial charge in [-0.15, -0.1) is 11.3 Å². The first-order chi connectivity index (χ1) is 10.8. The van der Waals surface area contributed by atoms with Gasteiger partial charge in [-0.3, -0.25) is 0 Å². The minimum Gasteiger partial charge on any atom is -0.338 e. The molecule has 1 aromatic carbocycles. The maximum absolute atomic E-state index is 12.0. The Morgan fingerprint density at radius 3 is 2.77 bits per heavy atom. The van der Waals surface area contributed by atoms with E-state index in [1.54, 1.807) is 11.3 Å². The van der Waals surface area contributed by atoms with E-state index in [4.69, 9.17) is 0 Å². The number of nitrogens with one attached hydrogen (secondary N) is 1. The molecule has 0 aliphatic carbocycles. The fraction of sp³-hybridized carbons (Fsp3) is 0.375. The minimum atomic E-state index is 0.0557. The Morgan fingerprint density at radius 2 is 2.00 bits per heavy atom. The Morgan fingerprint density at radius 1 is 1.23 bits per heavy atom. The summed E-state index contributed by atoms with van der Waals surface area (Å²) < 4.78 is 0. The van der Waals surface area contributed by atoms with Gasteiger partial charge in [0.2, 0.25) is 0 Å². The Bertz CT molecular complexity index is 609. The molecule has 0 bridgehead atoms. The van der Waals surface area contributed by atoms with Crippen LogP contribution in [0.1, 0.15) is 5.01 Å². The summed E-state index contributed by atoms with van der Waals surface area (Å²) in [6.45, 7) is 2.35. The highest BCUT2D eigenvalue weighted by Crippen LogP contribution is 2.21. The van der Waals surface area contributed by atoms with Crippen molar-refractivity contribution in [2.75, 3.05) is 31.1 Å². The smallest absolute Gasteiger partial charge is 0.317 e. The number of rotatable bonds is 4. The van der Waals surface area contributed by atoms with Crippen LogP contribution < -0.4 is 5.32 Å². The Kier molecular flexibility index (Phi) is 5.34. The van der Waals surface area contributed by atoms with Crippen LogP contribution in [-0.4, -0.2) is 47.1 Å². The number of benzene rings is 1. The van der Waals surface area contributed by atoms with Crippen LogP contribution in [0.2, 0.25) is 0 Å². The highest BCUT2D eigenvalue weighted by Gasteiger charge is 2.16. The second kappa shape index (κ2) is 7.65. The molecule has 1 N–H and O–H groups in total. The van der Waals surface area contributed by atoms with Crippen molar-refractivity contribution < 1.29 is 4.79 Å². The number of hydrogen-bond acceptors (Lipinski definition) is 4. The van der Waals surface area contributed by atoms with Crippen LogP contribution in [-0.2, 0) is 6.42 Å². The summed E-state index contributed by atoms with van der Waals surface area (Å²) in [4.78, 5) is 18.5. The Labute approximate surface area is 138 Å². The van der Waals surface area contributed by atoms with Gasteiger partial charge in [0.15, 0.2) is 0 Å². The van der Waals surface area contributed by atoms with E-state index in [1.165, 1.54) is 0 Å². The van der Waals surface area contributed by atoms with E-state index < -0.39 is 0 Å². The van der Waals surface area contributed by atoms with Crippen molar-refractivity contribution in [3.8, 4) is 11.3 Å². The monoisotopic (exact) mass is 333 g/mol. The third kappa shape index (κ3) is 4.01. The molecule has 1 fully saturated rings. The number of amides is 2. The molecule has 3 rings (SSSR count). The molecule has 2 heterocycles. The van der Waals surface area contributed by atoms with Crippen LogP contribution >= 0.6 is 23.1 Å². The van der Waals surface area contributed by atoms with Gasteiger partial charge in [-0.05, 0) is 0 Å². The van der Waals surface area contributed by atoms with E-state index in [9.17, 15) is 4.79 Å². The summed E-state index contributed by atoms with van der Waals surface area (Å²) >= 11 is 3.56. The molecule has 0 radical (unpaired) electrons. The Hall–Kier alpha value is -1.53. The van der Waals surface area contributed by atoms with Gasteiger partial charge < -0.3 is 10.2 Å². The summed E-state index contributed by atoms with van der Waals surface area (Å²) in [6, 6.07) is 10.2. The predicted molar refractivity (Wildman–Crippen MR) is 93.6 cm³/mol. The van der Waals surface area contributed by atoms with Crippen LogP contribution in [0.4, 0.5) is 4.79 Å². The second-order valence-corrected chi connectivity index (χ2v) is 7.24. The fourth-order valence-corrected chi connectivity index (χ4v) is 4.03. The molecule has 22 heavy (non-hydrogen) atoms. The first-order valence-electron chi connectivity index (χ1n) is 7.43. The summed E-state index contributed by atoms with van der Waals surface area (Å²) in [7, 11) is 0. The maximum Gasteiger partial charge on any atom is 0.317 e. The van der Waals surface area contributed by atoms with E-state index in [2.05, 4.69) is 27.8 Å². The van der Waals surface area contributed by atoms with Crippen molar-refractivity contribution in [2.24, 2.45) is 0 Å². The molecule has 0 atom stereocenters. The van der Waals surface area contributed by atoms with Gasteiger partial charge in [0, 0.05) is 48.5 Å². The molecule has 1 aromatic heterocycles. The van der Waals surface area contributed by atoms with Gasteiger partial charge in [-0.25, -0.2) is 9.78 Å². The lowest BCUT2D eigenvalue weighted by molar-refractivity contribution is 0.203. The first kappa shape index (κ1) is 15.4. The number of carbonyl (C=O) groups is 1. The number of thiazole rings is 1. The number of urea groups is 1. The number of carbonyl (C=O) groups excluding carboxylic acids is 1. The lowest BCUT2D eigenvalue weighted by atomic mass is 10.2. The molecule has 1 aliphatic heterocycles. The van der Waals surface area contributed by atoms with E-state index in [-0.39, 0.29) is 6.03 Å². The zero-order valence-corrected chi connectivity index (χ0v) is 14.0. The molecular weight excluding hydrogens is 314 g/mol. The van der Waals surface area contributed by atoms with Crippen molar-refractivity contribution in [1.82, 2.24) is 15.2 Å². The normalized spacial score (nSPS) is 14.8. The molecule has 6 heteroatoms. The van der Waals surface area contributed by atoms with Gasteiger partial charge >= 0.3 is 6.03 Å². The van der Waals surface area contributed by atoms with Gasteiger partial charge in [0.25, 0.3) is 0 Å². The molecular formula is C16H19N3OS2. The summed E-state index contributed by atoms with van der Waals surface area (Å²) in [5, 5.41) is 6.14. The zero-order valence-electron chi connectivity index (χ0n) is 12.3. The number of nitrogens with zero attached hydrogens (tertiary/aromatic N) is 2. The van der Waals surface area contributed by atoms with Crippen molar-refractivity contribution in [1.29, 1.82) is 0 Å². The quantitative estimate of drug-likeness (QED) is 0.935. The summed E-state index contributed by atoms with van der Waals surface area (Å²) in [6.07, 6.45) is 0.784. The first-order valence-corrected chi connectivity index (χ1v) is 9.47. The van der Waals surface area contributed by atoms with Crippen LogP contribution in [0.15, 0.2) is 35.7 Å². The minimum absolute atomic E-state index is 0.0557. The topological polar surface area (TPSA) is 45.2 Å². The fourth-order valence-electron chi connectivity index (χ4n) is 2.32. The predicted octanol–water partition coefficient (Wildman–Crippen LogP) is 3.11. The lowest BCUT2D eigenvalue weighted by Crippen LogP contribution is -2.44. The molecule has 2 aromatic rings. The van der Waals surface area contributed by atoms with Gasteiger partial charge in [-0.2, -0.15) is 11.8 Å². The van der Waals surface area contributed by atoms with Crippen LogP contribution in [0.3, 0.4) is 0 Å². The van der Waals surface area contributed by atoms with Crippen LogP contribution in [0, 0.1) is 0 Å². The van der Waals surface area contributed by atoms with Crippen LogP contribution in [0.5, 0.6) is 0 Å². The van der Waals surface area contributed by atoms with E-state index in [0.29, 0.717) is 6.54 Å². The third-order valence-electron chi connectivity index (χ3n) is 3.53. The molecule has 1 aliphatic rings. The van der Waals surface area contributed by atoms with Crippen molar-refractivity contribution in [2.45, 2.75) is 6.42 Å². The molecule has 2 amide bonds. The van der Waals surface area contributed by atoms with Crippen molar-refractivity contribution in [3.05, 3.63) is 40.7 Å². The average Bonchev–Trinajstić information content (AvgIpc) is 3.05. The van der Waals surface area contributed by atoms with Gasteiger partial charge in [0.1, 0.15) is 0 Å². The average molecular weight is 333 g/mol. The SMILES string of the molecule is O=C(NCCc1nc(-c2ccccc2)cs1)N1CCSCC1. The molecule has 4 nitrogen and oxygen atoms in total. The number of thioether (sulfide) groups is 1. The van der Waals surface area contributed by atoms with E-state index >= 15 is 0 Å². The zero-order chi connectivity index (χ0) is 15.2. The molecule has 0 spiro atoms. The van der Waals surface area contributed by atoms with Crippen molar-refractivity contribution in [3.63, 3.8) is 0 Å². The number of aromatic nitrogens is 1. The van der Waals surface area contributed by atoms with Gasteiger partial charge in [-0.1, -0.05) is 30.3 Å². The standard InChI is InChI=1S/C16H19N3OS2/c20-16(19-8-10-21-11-9-19)17-7-6-15-18-14(12-22-15)13-4-2-1-3-5-13/h1-5,12H,6-11H2,(H,17,20). The highest BCUT2D eigenvalue weighted by molar-refractivity contribution is 7.99. The second-order valence-electron chi connectivity index (χ2n) is 5.07. The maximum atomic E-state index is 12.0. The summed E-state index contributed by atoms with van der Waals surface area (Å²) in [5.41, 5.74) is 2.15. The molecule has 116 valence electrons.